The first-order valence-electron chi connectivity index (χ1n) is 9.16. The zero-order chi connectivity index (χ0) is 20.6. The van der Waals surface area contributed by atoms with Crippen LogP contribution in [0.15, 0.2) is 82.8 Å². The summed E-state index contributed by atoms with van der Waals surface area (Å²) < 4.78 is 10.6. The number of hydrogen-bond acceptors (Lipinski definition) is 6. The number of rotatable bonds is 7. The van der Waals surface area contributed by atoms with Crippen LogP contribution in [0.4, 0.5) is 0 Å². The fraction of sp³-hybridized carbons (Fsp3) is 0.182. The van der Waals surface area contributed by atoms with E-state index in [1.807, 2.05) is 6.07 Å². The van der Waals surface area contributed by atoms with Crippen molar-refractivity contribution in [2.45, 2.75) is 19.9 Å². The second kappa shape index (κ2) is 9.45. The molecule has 0 radical (unpaired) electrons. The zero-order valence-electron chi connectivity index (χ0n) is 16.2. The lowest BCUT2D eigenvalue weighted by Crippen LogP contribution is -2.37. The molecule has 1 unspecified atom stereocenters. The van der Waals surface area contributed by atoms with Gasteiger partial charge in [0.1, 0.15) is 11.5 Å². The molecule has 0 saturated carbocycles. The molecule has 0 fully saturated rings. The van der Waals surface area contributed by atoms with Crippen LogP contribution in [0.3, 0.4) is 0 Å². The molecule has 0 aliphatic heterocycles. The Morgan fingerprint density at radius 1 is 1.10 bits per heavy atom. The fourth-order valence-corrected chi connectivity index (χ4v) is 2.78. The topological polar surface area (TPSA) is 85.0 Å². The molecule has 0 N–H and O–H groups in total. The summed E-state index contributed by atoms with van der Waals surface area (Å²) in [4.78, 5) is 30.1. The monoisotopic (exact) mass is 391 g/mol. The first-order valence-corrected chi connectivity index (χ1v) is 9.16. The molecule has 148 valence electrons. The van der Waals surface area contributed by atoms with Gasteiger partial charge in [0.25, 0.3) is 5.91 Å². The number of hydrogen-bond donors (Lipinski definition) is 0. The summed E-state index contributed by atoms with van der Waals surface area (Å²) in [6, 6.07) is 14.5. The van der Waals surface area contributed by atoms with E-state index in [9.17, 15) is 9.59 Å². The van der Waals surface area contributed by atoms with Gasteiger partial charge in [0.2, 0.25) is 0 Å². The summed E-state index contributed by atoms with van der Waals surface area (Å²) in [6.07, 6.45) is 4.54. The summed E-state index contributed by atoms with van der Waals surface area (Å²) in [5.74, 6) is -0.537. The Hall–Kier alpha value is -3.74. The number of ether oxygens (including phenoxy) is 1. The molecule has 2 aromatic heterocycles. The van der Waals surface area contributed by atoms with E-state index in [0.29, 0.717) is 22.6 Å². The molecule has 29 heavy (non-hydrogen) atoms. The minimum atomic E-state index is -1.05. The van der Waals surface area contributed by atoms with Crippen molar-refractivity contribution in [1.82, 2.24) is 9.99 Å². The third-order valence-electron chi connectivity index (χ3n) is 4.14. The van der Waals surface area contributed by atoms with Crippen LogP contribution >= 0.6 is 0 Å². The number of carbonyl (C=O) groups is 2. The van der Waals surface area contributed by atoms with Gasteiger partial charge in [-0.25, -0.2) is 9.80 Å². The highest BCUT2D eigenvalue weighted by molar-refractivity contribution is 6.00. The molecule has 1 aromatic carbocycles. The molecule has 7 nitrogen and oxygen atoms in total. The maximum absolute atomic E-state index is 13.3. The molecule has 0 saturated heterocycles. The van der Waals surface area contributed by atoms with E-state index < -0.39 is 17.9 Å². The largest absolute Gasteiger partial charge is 0.464 e. The number of benzene rings is 1. The van der Waals surface area contributed by atoms with Crippen LogP contribution < -0.4 is 0 Å². The van der Waals surface area contributed by atoms with Gasteiger partial charge in [-0.15, -0.1) is 0 Å². The minimum absolute atomic E-state index is 0.181. The number of nitrogens with zero attached hydrogens (tertiary/aromatic N) is 3. The van der Waals surface area contributed by atoms with Crippen LogP contribution in [0.25, 0.3) is 0 Å². The van der Waals surface area contributed by atoms with Crippen molar-refractivity contribution in [3.8, 4) is 0 Å². The van der Waals surface area contributed by atoms with E-state index in [4.69, 9.17) is 9.15 Å². The summed E-state index contributed by atoms with van der Waals surface area (Å²) in [6.45, 7) is 3.60. The van der Waals surface area contributed by atoms with E-state index in [0.717, 1.165) is 5.01 Å². The van der Waals surface area contributed by atoms with E-state index in [-0.39, 0.29) is 6.61 Å². The lowest BCUT2D eigenvalue weighted by molar-refractivity contribution is -0.148. The molecular weight excluding hydrogens is 370 g/mol. The highest BCUT2D eigenvalue weighted by Crippen LogP contribution is 2.26. The van der Waals surface area contributed by atoms with Gasteiger partial charge in [-0.3, -0.25) is 9.78 Å². The van der Waals surface area contributed by atoms with Crippen LogP contribution in [0.2, 0.25) is 0 Å². The standard InChI is InChI=1S/C22H21N3O4/c1-3-28-22(27)20(17-8-5-4-6-9-17)25(21(26)18-11-13-23-14-12-18)24-16(2)19-10-7-15-29-19/h4-15,20H,3H2,1-2H3/b24-16+. The van der Waals surface area contributed by atoms with Crippen molar-refractivity contribution in [2.24, 2.45) is 5.10 Å². The molecule has 2 heterocycles. The molecule has 0 spiro atoms. The molecule has 3 rings (SSSR count). The van der Waals surface area contributed by atoms with Crippen LogP contribution in [0, 0.1) is 0 Å². The number of aromatic nitrogens is 1. The van der Waals surface area contributed by atoms with Crippen molar-refractivity contribution in [3.63, 3.8) is 0 Å². The van der Waals surface area contributed by atoms with Gasteiger partial charge in [-0.2, -0.15) is 5.10 Å². The minimum Gasteiger partial charge on any atom is -0.464 e. The molecule has 0 aliphatic rings. The van der Waals surface area contributed by atoms with Gasteiger partial charge in [0.05, 0.1) is 12.9 Å². The Kier molecular flexibility index (Phi) is 6.52. The van der Waals surface area contributed by atoms with Crippen LogP contribution in [0.1, 0.15) is 41.6 Å². The second-order valence-electron chi connectivity index (χ2n) is 6.11. The smallest absolute Gasteiger partial charge is 0.335 e. The average molecular weight is 391 g/mol. The Bertz CT molecular complexity index is 970. The lowest BCUT2D eigenvalue weighted by atomic mass is 10.1. The maximum atomic E-state index is 13.3. The Morgan fingerprint density at radius 3 is 2.45 bits per heavy atom. The molecule has 0 bridgehead atoms. The van der Waals surface area contributed by atoms with E-state index in [1.54, 1.807) is 62.4 Å². The van der Waals surface area contributed by atoms with Crippen molar-refractivity contribution in [3.05, 3.63) is 90.1 Å². The molecule has 1 amide bonds. The SMILES string of the molecule is CCOC(=O)C(c1ccccc1)N(/N=C(\C)c1ccco1)C(=O)c1ccncc1. The van der Waals surface area contributed by atoms with Gasteiger partial charge in [-0.1, -0.05) is 30.3 Å². The number of furan rings is 1. The van der Waals surface area contributed by atoms with Gasteiger partial charge in [0.15, 0.2) is 6.04 Å². The lowest BCUT2D eigenvalue weighted by Gasteiger charge is -2.27. The number of amides is 1. The third-order valence-corrected chi connectivity index (χ3v) is 4.14. The molecule has 0 aliphatic carbocycles. The summed E-state index contributed by atoms with van der Waals surface area (Å²) in [5, 5.41) is 5.60. The predicted molar refractivity (Wildman–Crippen MR) is 107 cm³/mol. The van der Waals surface area contributed by atoms with E-state index in [2.05, 4.69) is 10.1 Å². The van der Waals surface area contributed by atoms with Gasteiger partial charge < -0.3 is 9.15 Å². The number of esters is 1. The quantitative estimate of drug-likeness (QED) is 0.347. The predicted octanol–water partition coefficient (Wildman–Crippen LogP) is 3.85. The van der Waals surface area contributed by atoms with Crippen molar-refractivity contribution in [1.29, 1.82) is 0 Å². The second-order valence-corrected chi connectivity index (χ2v) is 6.11. The molecular formula is C22H21N3O4. The maximum Gasteiger partial charge on any atom is 0.335 e. The Labute approximate surface area is 168 Å². The summed E-state index contributed by atoms with van der Waals surface area (Å²) in [5.41, 5.74) is 1.38. The van der Waals surface area contributed by atoms with E-state index in [1.165, 1.54) is 18.7 Å². The van der Waals surface area contributed by atoms with Crippen molar-refractivity contribution >= 4 is 17.6 Å². The number of carbonyl (C=O) groups excluding carboxylic acids is 2. The third kappa shape index (κ3) is 4.76. The number of pyridine rings is 1. The first kappa shape index (κ1) is 20.0. The normalized spacial score (nSPS) is 12.3. The van der Waals surface area contributed by atoms with Crippen molar-refractivity contribution < 1.29 is 18.7 Å². The van der Waals surface area contributed by atoms with Crippen molar-refractivity contribution in [2.75, 3.05) is 6.61 Å². The highest BCUT2D eigenvalue weighted by atomic mass is 16.5. The molecule has 1 atom stereocenters. The van der Waals surface area contributed by atoms with Gasteiger partial charge in [-0.05, 0) is 43.7 Å². The number of hydrazone groups is 1. The van der Waals surface area contributed by atoms with Crippen LogP contribution in [-0.4, -0.2) is 34.2 Å². The average Bonchev–Trinajstić information content (AvgIpc) is 3.29. The Balaban J connectivity index is 2.11. The molecule has 7 heteroatoms. The summed E-state index contributed by atoms with van der Waals surface area (Å²) in [7, 11) is 0. The Morgan fingerprint density at radius 2 is 1.83 bits per heavy atom. The molecule has 3 aromatic rings. The van der Waals surface area contributed by atoms with Crippen LogP contribution in [0.5, 0.6) is 0 Å². The fourth-order valence-electron chi connectivity index (χ4n) is 2.78. The zero-order valence-corrected chi connectivity index (χ0v) is 16.2. The highest BCUT2D eigenvalue weighted by Gasteiger charge is 2.34. The van der Waals surface area contributed by atoms with E-state index >= 15 is 0 Å². The van der Waals surface area contributed by atoms with Crippen LogP contribution in [-0.2, 0) is 9.53 Å². The van der Waals surface area contributed by atoms with Gasteiger partial charge >= 0.3 is 5.97 Å². The first-order chi connectivity index (χ1) is 14.1. The van der Waals surface area contributed by atoms with Gasteiger partial charge in [0, 0.05) is 18.0 Å². The summed E-state index contributed by atoms with van der Waals surface area (Å²) >= 11 is 0.